The van der Waals surface area contributed by atoms with Gasteiger partial charge in [0.15, 0.2) is 0 Å². The van der Waals surface area contributed by atoms with E-state index in [0.717, 1.165) is 0 Å². The van der Waals surface area contributed by atoms with Crippen molar-refractivity contribution in [2.24, 2.45) is 0 Å². The molecule has 2 aromatic rings. The van der Waals surface area contributed by atoms with Crippen LogP contribution in [0.1, 0.15) is 6.92 Å². The summed E-state index contributed by atoms with van der Waals surface area (Å²) in [4.78, 5) is 16.6. The lowest BCUT2D eigenvalue weighted by molar-refractivity contribution is -0.115. The van der Waals surface area contributed by atoms with Crippen LogP contribution in [0.2, 0.25) is 5.02 Å². The van der Waals surface area contributed by atoms with Gasteiger partial charge in [0.05, 0.1) is 30.2 Å². The third kappa shape index (κ3) is 4.53. The Kier molecular flexibility index (Phi) is 6.12. The van der Waals surface area contributed by atoms with E-state index < -0.39 is 0 Å². The maximum atomic E-state index is 12.4. The summed E-state index contributed by atoms with van der Waals surface area (Å²) in [5, 5.41) is 3.61. The quantitative estimate of drug-likeness (QED) is 0.799. The SMILES string of the molecule is COc1ccc(OC)c(NC(=O)[C@@H](C)Sc2ncccc2Cl)c1. The molecule has 0 bridgehead atoms. The monoisotopic (exact) mass is 352 g/mol. The highest BCUT2D eigenvalue weighted by Crippen LogP contribution is 2.31. The molecule has 0 radical (unpaired) electrons. The van der Waals surface area contributed by atoms with Crippen LogP contribution in [0.3, 0.4) is 0 Å². The Hall–Kier alpha value is -1.92. The molecule has 0 saturated carbocycles. The number of methoxy groups -OCH3 is 2. The smallest absolute Gasteiger partial charge is 0.237 e. The third-order valence-electron chi connectivity index (χ3n) is 3.05. The molecule has 2 rings (SSSR count). The Bertz CT molecular complexity index is 697. The van der Waals surface area contributed by atoms with Crippen molar-refractivity contribution in [2.75, 3.05) is 19.5 Å². The van der Waals surface area contributed by atoms with Crippen molar-refractivity contribution < 1.29 is 14.3 Å². The van der Waals surface area contributed by atoms with Gasteiger partial charge in [0, 0.05) is 12.3 Å². The minimum absolute atomic E-state index is 0.178. The molecular weight excluding hydrogens is 336 g/mol. The average Bonchev–Trinajstić information content (AvgIpc) is 2.56. The number of nitrogens with one attached hydrogen (secondary N) is 1. The first-order valence-corrected chi connectivity index (χ1v) is 8.11. The van der Waals surface area contributed by atoms with Gasteiger partial charge in [0.1, 0.15) is 16.5 Å². The van der Waals surface area contributed by atoms with Crippen LogP contribution in [0.5, 0.6) is 11.5 Å². The molecule has 0 aliphatic rings. The van der Waals surface area contributed by atoms with Crippen LogP contribution in [-0.4, -0.2) is 30.4 Å². The number of anilines is 1. The van der Waals surface area contributed by atoms with E-state index in [4.69, 9.17) is 21.1 Å². The number of rotatable bonds is 6. The lowest BCUT2D eigenvalue weighted by Gasteiger charge is -2.15. The molecule has 0 fully saturated rings. The maximum Gasteiger partial charge on any atom is 0.237 e. The highest BCUT2D eigenvalue weighted by molar-refractivity contribution is 8.00. The Balaban J connectivity index is 2.10. The molecule has 1 atom stereocenters. The summed E-state index contributed by atoms with van der Waals surface area (Å²) in [5.74, 6) is 1.02. The molecular formula is C16H17ClN2O3S. The van der Waals surface area contributed by atoms with Gasteiger partial charge < -0.3 is 14.8 Å². The van der Waals surface area contributed by atoms with Crippen molar-refractivity contribution >= 4 is 35.0 Å². The third-order valence-corrected chi connectivity index (χ3v) is 4.58. The van der Waals surface area contributed by atoms with E-state index >= 15 is 0 Å². The number of nitrogens with zero attached hydrogens (tertiary/aromatic N) is 1. The highest BCUT2D eigenvalue weighted by Gasteiger charge is 2.18. The zero-order chi connectivity index (χ0) is 16.8. The molecule has 1 aromatic heterocycles. The number of hydrogen-bond acceptors (Lipinski definition) is 5. The van der Waals surface area contributed by atoms with Crippen LogP contribution >= 0.6 is 23.4 Å². The largest absolute Gasteiger partial charge is 0.497 e. The van der Waals surface area contributed by atoms with E-state index in [9.17, 15) is 4.79 Å². The number of ether oxygens (including phenoxy) is 2. The molecule has 1 heterocycles. The predicted octanol–water partition coefficient (Wildman–Crippen LogP) is 3.87. The second kappa shape index (κ2) is 8.08. The van der Waals surface area contributed by atoms with Gasteiger partial charge in [-0.3, -0.25) is 4.79 Å². The molecule has 5 nitrogen and oxygen atoms in total. The molecule has 1 amide bonds. The molecule has 0 spiro atoms. The lowest BCUT2D eigenvalue weighted by atomic mass is 10.2. The van der Waals surface area contributed by atoms with Crippen molar-refractivity contribution in [1.29, 1.82) is 0 Å². The van der Waals surface area contributed by atoms with E-state index in [2.05, 4.69) is 10.3 Å². The summed E-state index contributed by atoms with van der Waals surface area (Å²) in [7, 11) is 3.11. The van der Waals surface area contributed by atoms with Gasteiger partial charge in [0.25, 0.3) is 0 Å². The molecule has 1 aromatic carbocycles. The standard InChI is InChI=1S/C16H17ClN2O3S/c1-10(23-16-12(17)5-4-8-18-16)15(20)19-13-9-11(21-2)6-7-14(13)22-3/h4-10H,1-3H3,(H,19,20)/t10-/m1/s1. The van der Waals surface area contributed by atoms with Gasteiger partial charge >= 0.3 is 0 Å². The first-order chi connectivity index (χ1) is 11.0. The van der Waals surface area contributed by atoms with E-state index in [-0.39, 0.29) is 11.2 Å². The average molecular weight is 353 g/mol. The number of carbonyl (C=O) groups excluding carboxylic acids is 1. The van der Waals surface area contributed by atoms with Gasteiger partial charge in [-0.05, 0) is 31.2 Å². The molecule has 1 N–H and O–H groups in total. The van der Waals surface area contributed by atoms with Crippen LogP contribution in [-0.2, 0) is 4.79 Å². The second-order valence-electron chi connectivity index (χ2n) is 4.61. The fourth-order valence-corrected chi connectivity index (χ4v) is 2.88. The van der Waals surface area contributed by atoms with Crippen molar-refractivity contribution in [3.63, 3.8) is 0 Å². The molecule has 0 unspecified atom stereocenters. The maximum absolute atomic E-state index is 12.4. The van der Waals surface area contributed by atoms with Crippen LogP contribution in [0.15, 0.2) is 41.6 Å². The molecule has 7 heteroatoms. The summed E-state index contributed by atoms with van der Waals surface area (Å²) in [5.41, 5.74) is 0.552. The topological polar surface area (TPSA) is 60.5 Å². The molecule has 23 heavy (non-hydrogen) atoms. The Morgan fingerprint density at radius 3 is 2.74 bits per heavy atom. The summed E-state index contributed by atoms with van der Waals surface area (Å²) in [6, 6.07) is 8.70. The van der Waals surface area contributed by atoms with Gasteiger partial charge in [-0.25, -0.2) is 4.98 Å². The minimum atomic E-state index is -0.377. The molecule has 122 valence electrons. The Morgan fingerprint density at radius 1 is 1.30 bits per heavy atom. The van der Waals surface area contributed by atoms with Gasteiger partial charge in [0.2, 0.25) is 5.91 Å². The number of amides is 1. The Labute approximate surface area is 144 Å². The van der Waals surface area contributed by atoms with Crippen molar-refractivity contribution in [3.05, 3.63) is 41.6 Å². The number of aromatic nitrogens is 1. The lowest BCUT2D eigenvalue weighted by Crippen LogP contribution is -2.22. The summed E-state index contributed by atoms with van der Waals surface area (Å²) < 4.78 is 10.4. The van der Waals surface area contributed by atoms with Gasteiger partial charge in [-0.2, -0.15) is 0 Å². The first kappa shape index (κ1) is 17.4. The van der Waals surface area contributed by atoms with Crippen LogP contribution in [0.4, 0.5) is 5.69 Å². The van der Waals surface area contributed by atoms with E-state index in [1.165, 1.54) is 11.8 Å². The minimum Gasteiger partial charge on any atom is -0.497 e. The van der Waals surface area contributed by atoms with Crippen LogP contribution in [0, 0.1) is 0 Å². The van der Waals surface area contributed by atoms with Crippen molar-refractivity contribution in [2.45, 2.75) is 17.2 Å². The molecule has 0 saturated heterocycles. The zero-order valence-corrected chi connectivity index (χ0v) is 14.6. The fourth-order valence-electron chi connectivity index (χ4n) is 1.82. The van der Waals surface area contributed by atoms with E-state index in [1.54, 1.807) is 57.7 Å². The number of pyridine rings is 1. The van der Waals surface area contributed by atoms with E-state index in [0.29, 0.717) is 27.2 Å². The van der Waals surface area contributed by atoms with Crippen molar-refractivity contribution in [3.8, 4) is 11.5 Å². The van der Waals surface area contributed by atoms with Gasteiger partial charge in [-0.1, -0.05) is 23.4 Å². The molecule has 0 aliphatic carbocycles. The normalized spacial score (nSPS) is 11.7. The summed E-state index contributed by atoms with van der Waals surface area (Å²) in [6.45, 7) is 1.79. The second-order valence-corrected chi connectivity index (χ2v) is 6.34. The fraction of sp³-hybridized carbons (Fsp3) is 0.250. The zero-order valence-electron chi connectivity index (χ0n) is 13.0. The van der Waals surface area contributed by atoms with Crippen LogP contribution < -0.4 is 14.8 Å². The number of halogens is 1. The number of benzene rings is 1. The number of hydrogen-bond donors (Lipinski definition) is 1. The Morgan fingerprint density at radius 2 is 2.09 bits per heavy atom. The highest BCUT2D eigenvalue weighted by atomic mass is 35.5. The number of carbonyl (C=O) groups is 1. The predicted molar refractivity (Wildman–Crippen MR) is 92.7 cm³/mol. The molecule has 0 aliphatic heterocycles. The van der Waals surface area contributed by atoms with Gasteiger partial charge in [-0.15, -0.1) is 0 Å². The summed E-state index contributed by atoms with van der Waals surface area (Å²) in [6.07, 6.45) is 1.64. The summed E-state index contributed by atoms with van der Waals surface area (Å²) >= 11 is 7.36. The van der Waals surface area contributed by atoms with E-state index in [1.807, 2.05) is 0 Å². The van der Waals surface area contributed by atoms with Crippen molar-refractivity contribution in [1.82, 2.24) is 4.98 Å². The van der Waals surface area contributed by atoms with Crippen LogP contribution in [0.25, 0.3) is 0 Å². The first-order valence-electron chi connectivity index (χ1n) is 6.85. The number of thioether (sulfide) groups is 1.